The van der Waals surface area contributed by atoms with E-state index in [4.69, 9.17) is 20.8 Å². The van der Waals surface area contributed by atoms with E-state index in [0.717, 1.165) is 0 Å². The molecule has 0 aromatic rings. The Hall–Kier alpha value is -0.910. The Balaban J connectivity index is 4.35. The summed E-state index contributed by atoms with van der Waals surface area (Å²) in [5, 5.41) is 17.0. The summed E-state index contributed by atoms with van der Waals surface area (Å²) in [7, 11) is -3.64. The van der Waals surface area contributed by atoms with E-state index in [9.17, 15) is 14.2 Å². The number of carboxylic acid groups (broad SMARTS) is 2. The zero-order chi connectivity index (χ0) is 12.1. The molecular weight excluding hydrogens is 225 g/mol. The Morgan fingerprint density at radius 3 is 2.20 bits per heavy atom. The van der Waals surface area contributed by atoms with Gasteiger partial charge in [-0.25, -0.2) is 0 Å². The molecule has 2 unspecified atom stereocenters. The first-order valence-electron chi connectivity index (χ1n) is 4.24. The number of nitrogens with two attached hydrogens (primary N) is 1. The maximum atomic E-state index is 11.2. The molecule has 7 nitrogen and oxygen atoms in total. The summed E-state index contributed by atoms with van der Waals surface area (Å²) in [4.78, 5) is 30.0. The van der Waals surface area contributed by atoms with Gasteiger partial charge < -0.3 is 20.8 Å². The fourth-order valence-corrected chi connectivity index (χ4v) is 2.19. The van der Waals surface area contributed by atoms with Gasteiger partial charge in [0.15, 0.2) is 0 Å². The van der Waals surface area contributed by atoms with Crippen LogP contribution in [-0.2, 0) is 14.2 Å². The van der Waals surface area contributed by atoms with Gasteiger partial charge in [-0.05, 0) is 6.42 Å². The average molecular weight is 239 g/mol. The highest BCUT2D eigenvalue weighted by Gasteiger charge is 2.27. The van der Waals surface area contributed by atoms with E-state index in [1.165, 1.54) is 0 Å². The standard InChI is InChI=1S/C7H14NO6P/c8-4-15(13,14)3-5(7(11)12)1-2-6(9)10/h5H,1-4,8H2,(H,9,10)(H,11,12)(H,13,14). The number of carboxylic acids is 2. The summed E-state index contributed by atoms with van der Waals surface area (Å²) in [5.41, 5.74) is 4.99. The fourth-order valence-electron chi connectivity index (χ4n) is 1.01. The number of hydrogen-bond acceptors (Lipinski definition) is 4. The molecule has 8 heteroatoms. The van der Waals surface area contributed by atoms with E-state index in [2.05, 4.69) is 0 Å². The Bertz CT molecular complexity index is 291. The first-order valence-corrected chi connectivity index (χ1v) is 6.27. The van der Waals surface area contributed by atoms with Crippen LogP contribution in [0.25, 0.3) is 0 Å². The number of hydrogen-bond donors (Lipinski definition) is 4. The van der Waals surface area contributed by atoms with Gasteiger partial charge in [0.2, 0.25) is 7.37 Å². The second-order valence-electron chi connectivity index (χ2n) is 3.18. The largest absolute Gasteiger partial charge is 0.481 e. The minimum atomic E-state index is -3.64. The lowest BCUT2D eigenvalue weighted by atomic mass is 10.1. The highest BCUT2D eigenvalue weighted by Crippen LogP contribution is 2.41. The third kappa shape index (κ3) is 6.22. The predicted octanol–water partition coefficient (Wildman–Crippen LogP) is -0.261. The molecule has 88 valence electrons. The van der Waals surface area contributed by atoms with Crippen LogP contribution in [0.1, 0.15) is 12.8 Å². The van der Waals surface area contributed by atoms with Crippen LogP contribution in [0.2, 0.25) is 0 Å². The van der Waals surface area contributed by atoms with Crippen molar-refractivity contribution in [1.29, 1.82) is 0 Å². The van der Waals surface area contributed by atoms with Crippen molar-refractivity contribution in [2.24, 2.45) is 11.7 Å². The number of aliphatic carboxylic acids is 2. The zero-order valence-corrected chi connectivity index (χ0v) is 8.89. The summed E-state index contributed by atoms with van der Waals surface area (Å²) >= 11 is 0. The van der Waals surface area contributed by atoms with Crippen molar-refractivity contribution in [3.8, 4) is 0 Å². The lowest BCUT2D eigenvalue weighted by molar-refractivity contribution is -0.142. The molecule has 0 rings (SSSR count). The number of carbonyl (C=O) groups is 2. The zero-order valence-electron chi connectivity index (χ0n) is 8.00. The van der Waals surface area contributed by atoms with Gasteiger partial charge in [-0.3, -0.25) is 14.2 Å². The molecule has 15 heavy (non-hydrogen) atoms. The second kappa shape index (κ2) is 5.85. The Kier molecular flexibility index (Phi) is 5.49. The molecule has 2 atom stereocenters. The van der Waals surface area contributed by atoms with E-state index in [0.29, 0.717) is 0 Å². The molecule has 0 saturated heterocycles. The summed E-state index contributed by atoms with van der Waals surface area (Å²) in [6.07, 6.45) is -1.49. The summed E-state index contributed by atoms with van der Waals surface area (Å²) in [6, 6.07) is 0. The fraction of sp³-hybridized carbons (Fsp3) is 0.714. The first kappa shape index (κ1) is 14.1. The van der Waals surface area contributed by atoms with Gasteiger partial charge in [0.1, 0.15) is 0 Å². The van der Waals surface area contributed by atoms with Crippen LogP contribution in [0.15, 0.2) is 0 Å². The predicted molar refractivity (Wildman–Crippen MR) is 51.7 cm³/mol. The van der Waals surface area contributed by atoms with Crippen LogP contribution in [-0.4, -0.2) is 39.5 Å². The average Bonchev–Trinajstić information content (AvgIpc) is 2.11. The highest BCUT2D eigenvalue weighted by atomic mass is 31.2. The molecule has 0 aromatic heterocycles. The summed E-state index contributed by atoms with van der Waals surface area (Å²) in [6.45, 7) is 0. The van der Waals surface area contributed by atoms with Crippen LogP contribution < -0.4 is 5.73 Å². The minimum Gasteiger partial charge on any atom is -0.481 e. The van der Waals surface area contributed by atoms with Crippen molar-refractivity contribution in [2.75, 3.05) is 12.4 Å². The third-order valence-electron chi connectivity index (χ3n) is 1.85. The highest BCUT2D eigenvalue weighted by molar-refractivity contribution is 7.57. The molecule has 0 amide bonds. The van der Waals surface area contributed by atoms with E-state index in [1.807, 2.05) is 0 Å². The molecule has 0 heterocycles. The summed E-state index contributed by atoms with van der Waals surface area (Å²) < 4.78 is 11.2. The quantitative estimate of drug-likeness (QED) is 0.449. The van der Waals surface area contributed by atoms with E-state index in [1.54, 1.807) is 0 Å². The van der Waals surface area contributed by atoms with Gasteiger partial charge in [0.25, 0.3) is 0 Å². The molecule has 0 fully saturated rings. The molecule has 0 aliphatic rings. The molecule has 0 spiro atoms. The Labute approximate surface area is 86.4 Å². The van der Waals surface area contributed by atoms with Crippen LogP contribution in [0.4, 0.5) is 0 Å². The summed E-state index contributed by atoms with van der Waals surface area (Å²) in [5.74, 6) is -3.55. The third-order valence-corrected chi connectivity index (χ3v) is 3.43. The molecule has 0 aromatic carbocycles. The van der Waals surface area contributed by atoms with Crippen molar-refractivity contribution in [2.45, 2.75) is 12.8 Å². The monoisotopic (exact) mass is 239 g/mol. The molecule has 0 aliphatic heterocycles. The van der Waals surface area contributed by atoms with Crippen molar-refractivity contribution in [1.82, 2.24) is 0 Å². The van der Waals surface area contributed by atoms with Gasteiger partial charge in [0, 0.05) is 12.6 Å². The van der Waals surface area contributed by atoms with Gasteiger partial charge in [-0.2, -0.15) is 0 Å². The molecule has 5 N–H and O–H groups in total. The van der Waals surface area contributed by atoms with Gasteiger partial charge >= 0.3 is 11.9 Å². The van der Waals surface area contributed by atoms with Crippen LogP contribution in [0.5, 0.6) is 0 Å². The van der Waals surface area contributed by atoms with E-state index in [-0.39, 0.29) is 12.8 Å². The molecular formula is C7H14NO6P. The normalized spacial score (nSPS) is 16.7. The van der Waals surface area contributed by atoms with Crippen molar-refractivity contribution >= 4 is 19.3 Å². The SMILES string of the molecule is NCP(=O)(O)CC(CCC(=O)O)C(=O)O. The Morgan fingerprint density at radius 1 is 1.33 bits per heavy atom. The minimum absolute atomic E-state index is 0.171. The lowest BCUT2D eigenvalue weighted by Crippen LogP contribution is -2.21. The topological polar surface area (TPSA) is 138 Å². The molecule has 0 radical (unpaired) electrons. The smallest absolute Gasteiger partial charge is 0.307 e. The van der Waals surface area contributed by atoms with Crippen molar-refractivity contribution in [3.63, 3.8) is 0 Å². The molecule has 0 saturated carbocycles. The maximum absolute atomic E-state index is 11.2. The van der Waals surface area contributed by atoms with E-state index >= 15 is 0 Å². The van der Waals surface area contributed by atoms with Gasteiger partial charge in [-0.1, -0.05) is 0 Å². The van der Waals surface area contributed by atoms with Crippen LogP contribution in [0.3, 0.4) is 0 Å². The Morgan fingerprint density at radius 2 is 1.87 bits per heavy atom. The van der Waals surface area contributed by atoms with Crippen LogP contribution in [0, 0.1) is 5.92 Å². The van der Waals surface area contributed by atoms with Gasteiger partial charge in [0.05, 0.1) is 12.2 Å². The number of rotatable bonds is 7. The van der Waals surface area contributed by atoms with Crippen molar-refractivity contribution < 1.29 is 29.3 Å². The molecule has 0 bridgehead atoms. The second-order valence-corrected chi connectivity index (χ2v) is 5.60. The van der Waals surface area contributed by atoms with E-state index < -0.39 is 37.7 Å². The molecule has 0 aliphatic carbocycles. The van der Waals surface area contributed by atoms with Crippen LogP contribution >= 0.6 is 7.37 Å². The lowest BCUT2D eigenvalue weighted by Gasteiger charge is -2.14. The first-order chi connectivity index (χ1) is 6.78. The maximum Gasteiger partial charge on any atom is 0.307 e. The van der Waals surface area contributed by atoms with Crippen molar-refractivity contribution in [3.05, 3.63) is 0 Å². The van der Waals surface area contributed by atoms with Gasteiger partial charge in [-0.15, -0.1) is 0 Å².